The third kappa shape index (κ3) is 4.47. The fraction of sp³-hybridized carbons (Fsp3) is 0.387. The van der Waals surface area contributed by atoms with Crippen LogP contribution in [0.3, 0.4) is 0 Å². The van der Waals surface area contributed by atoms with Gasteiger partial charge in [0.15, 0.2) is 11.4 Å². The van der Waals surface area contributed by atoms with Crippen LogP contribution in [0.1, 0.15) is 61.5 Å². The number of anilines is 1. The lowest BCUT2D eigenvalue weighted by Crippen LogP contribution is -2.54. The molecule has 6 rings (SSSR count). The van der Waals surface area contributed by atoms with Crippen LogP contribution in [0.15, 0.2) is 54.9 Å². The van der Waals surface area contributed by atoms with Crippen LogP contribution in [0, 0.1) is 5.41 Å². The summed E-state index contributed by atoms with van der Waals surface area (Å²) in [6.07, 6.45) is 6.37. The second kappa shape index (κ2) is 10.4. The van der Waals surface area contributed by atoms with E-state index in [1.807, 2.05) is 47.4 Å². The number of aromatic nitrogens is 4. The zero-order valence-electron chi connectivity index (χ0n) is 23.2. The molecule has 0 aliphatic carbocycles. The van der Waals surface area contributed by atoms with Crippen LogP contribution in [0.4, 0.5) is 5.82 Å². The molecule has 41 heavy (non-hydrogen) atoms. The number of benzene rings is 1. The second-order valence-corrected chi connectivity index (χ2v) is 11.5. The molecule has 0 radical (unpaired) electrons. The number of carbonyl (C=O) groups excluding carboxylic acids is 2. The summed E-state index contributed by atoms with van der Waals surface area (Å²) in [4.78, 5) is 37.8. The van der Waals surface area contributed by atoms with Crippen LogP contribution in [0.25, 0.3) is 28.0 Å². The first-order chi connectivity index (χ1) is 19.8. The first-order valence-corrected chi connectivity index (χ1v) is 14.0. The third-order valence-corrected chi connectivity index (χ3v) is 8.78. The van der Waals surface area contributed by atoms with Gasteiger partial charge in [-0.15, -0.1) is 0 Å². The number of aliphatic hydroxyl groups is 2. The highest BCUT2D eigenvalue weighted by Crippen LogP contribution is 2.46. The number of rotatable bonds is 7. The maximum absolute atomic E-state index is 13.4. The number of piperidine rings is 1. The minimum Gasteiger partial charge on any atom is -0.395 e. The minimum atomic E-state index is -1.23. The van der Waals surface area contributed by atoms with E-state index in [2.05, 4.69) is 10.1 Å². The quantitative estimate of drug-likeness (QED) is 0.294. The number of Topliss-reactive ketones (excluding diaryl/α,β-unsaturated/α-hetero) is 1. The SMILES string of the molecule is CC(=O)c1c(C2CC3CCC(C2)N3C(=O)C(C)(CO)CO)nc2c(-c3ccc(-c4ccccc4)nc3)cnn2c1N. The number of carbonyl (C=O) groups is 2. The number of aliphatic hydroxyl groups excluding tert-OH is 2. The standard InChI is InChI=1S/C31H34N6O4/c1-18(40)26-27(21-12-22-9-10-23(13-21)36(22)30(41)31(2,16-38)17-39)35-29-24(15-34-37(29)28(26)32)20-8-11-25(33-14-20)19-6-4-3-5-7-19/h3-8,11,14-15,21-23,38-39H,9-10,12-13,16-17,32H2,1-2H3. The lowest BCUT2D eigenvalue weighted by molar-refractivity contribution is -0.151. The predicted octanol–water partition coefficient (Wildman–Crippen LogP) is 3.47. The van der Waals surface area contributed by atoms with Crippen LogP contribution in [-0.2, 0) is 4.79 Å². The van der Waals surface area contributed by atoms with E-state index in [-0.39, 0.29) is 35.5 Å². The van der Waals surface area contributed by atoms with Crippen molar-refractivity contribution in [2.45, 2.75) is 57.5 Å². The van der Waals surface area contributed by atoms with Gasteiger partial charge in [-0.05, 0) is 45.6 Å². The highest BCUT2D eigenvalue weighted by molar-refractivity contribution is 6.00. The van der Waals surface area contributed by atoms with Crippen molar-refractivity contribution in [3.8, 4) is 22.4 Å². The Kier molecular flexibility index (Phi) is 6.83. The van der Waals surface area contributed by atoms with Gasteiger partial charge in [-0.1, -0.05) is 36.4 Å². The van der Waals surface area contributed by atoms with Gasteiger partial charge in [-0.3, -0.25) is 14.6 Å². The van der Waals surface area contributed by atoms with E-state index in [1.54, 1.807) is 19.3 Å². The summed E-state index contributed by atoms with van der Waals surface area (Å²) in [6, 6.07) is 13.7. The molecule has 4 aromatic rings. The smallest absolute Gasteiger partial charge is 0.233 e. The van der Waals surface area contributed by atoms with Crippen molar-refractivity contribution >= 4 is 23.2 Å². The first-order valence-electron chi connectivity index (χ1n) is 14.0. The summed E-state index contributed by atoms with van der Waals surface area (Å²) in [5.74, 6) is -0.250. The van der Waals surface area contributed by atoms with Crippen molar-refractivity contribution in [1.29, 1.82) is 0 Å². The zero-order valence-corrected chi connectivity index (χ0v) is 23.2. The Labute approximate surface area is 237 Å². The van der Waals surface area contributed by atoms with Gasteiger partial charge in [0.25, 0.3) is 0 Å². The average Bonchev–Trinajstić information content (AvgIpc) is 3.54. The molecular weight excluding hydrogens is 520 g/mol. The number of nitrogens with zero attached hydrogens (tertiary/aromatic N) is 5. The van der Waals surface area contributed by atoms with Gasteiger partial charge in [-0.25, -0.2) is 4.98 Å². The maximum atomic E-state index is 13.4. The van der Waals surface area contributed by atoms with E-state index in [0.29, 0.717) is 29.7 Å². The molecule has 3 aromatic heterocycles. The topological polar surface area (TPSA) is 147 Å². The number of fused-ring (bicyclic) bond motifs is 3. The van der Waals surface area contributed by atoms with Gasteiger partial charge < -0.3 is 20.8 Å². The Morgan fingerprint density at radius 2 is 1.68 bits per heavy atom. The largest absolute Gasteiger partial charge is 0.395 e. The summed E-state index contributed by atoms with van der Waals surface area (Å²) >= 11 is 0. The molecule has 4 N–H and O–H groups in total. The lowest BCUT2D eigenvalue weighted by Gasteiger charge is -2.42. The highest BCUT2D eigenvalue weighted by atomic mass is 16.3. The van der Waals surface area contributed by atoms with Crippen molar-refractivity contribution in [3.63, 3.8) is 0 Å². The summed E-state index contributed by atoms with van der Waals surface area (Å²) < 4.78 is 1.52. The van der Waals surface area contributed by atoms with E-state index in [4.69, 9.17) is 10.7 Å². The van der Waals surface area contributed by atoms with Crippen LogP contribution in [0.5, 0.6) is 0 Å². The molecule has 0 saturated carbocycles. The van der Waals surface area contributed by atoms with E-state index < -0.39 is 18.6 Å². The number of hydrogen-bond acceptors (Lipinski definition) is 8. The molecule has 1 amide bonds. The minimum absolute atomic E-state index is 0.0677. The summed E-state index contributed by atoms with van der Waals surface area (Å²) in [7, 11) is 0. The van der Waals surface area contributed by atoms with E-state index in [1.165, 1.54) is 11.4 Å². The Bertz CT molecular complexity index is 1600. The number of ketones is 1. The molecule has 5 heterocycles. The van der Waals surface area contributed by atoms with Crippen LogP contribution in [0.2, 0.25) is 0 Å². The lowest BCUT2D eigenvalue weighted by atomic mass is 9.82. The molecule has 2 bridgehead atoms. The number of hydrogen-bond donors (Lipinski definition) is 3. The van der Waals surface area contributed by atoms with Crippen LogP contribution >= 0.6 is 0 Å². The molecule has 2 aliphatic heterocycles. The fourth-order valence-electron chi connectivity index (χ4n) is 6.45. The van der Waals surface area contributed by atoms with Crippen LogP contribution in [-0.4, -0.2) is 71.7 Å². The Morgan fingerprint density at radius 1 is 1.00 bits per heavy atom. The third-order valence-electron chi connectivity index (χ3n) is 8.78. The maximum Gasteiger partial charge on any atom is 0.233 e. The number of amides is 1. The van der Waals surface area contributed by atoms with Gasteiger partial charge >= 0.3 is 0 Å². The normalized spacial score (nSPS) is 20.5. The van der Waals surface area contributed by atoms with Gasteiger partial charge in [0.2, 0.25) is 5.91 Å². The monoisotopic (exact) mass is 554 g/mol. The molecule has 2 unspecified atom stereocenters. The van der Waals surface area contributed by atoms with Gasteiger partial charge in [0.1, 0.15) is 5.82 Å². The Morgan fingerprint density at radius 3 is 2.27 bits per heavy atom. The molecule has 0 spiro atoms. The zero-order chi connectivity index (χ0) is 28.9. The van der Waals surface area contributed by atoms with Gasteiger partial charge in [0.05, 0.1) is 41.8 Å². The van der Waals surface area contributed by atoms with Crippen LogP contribution < -0.4 is 5.73 Å². The van der Waals surface area contributed by atoms with Crippen molar-refractivity contribution in [2.24, 2.45) is 5.41 Å². The molecule has 2 fully saturated rings. The number of nitrogens with two attached hydrogens (primary N) is 1. The first kappa shape index (κ1) is 27.0. The molecule has 10 heteroatoms. The molecule has 212 valence electrons. The van der Waals surface area contributed by atoms with Crippen molar-refractivity contribution in [2.75, 3.05) is 18.9 Å². The van der Waals surface area contributed by atoms with Gasteiger partial charge in [0, 0.05) is 40.9 Å². The van der Waals surface area contributed by atoms with E-state index >= 15 is 0 Å². The van der Waals surface area contributed by atoms with Crippen molar-refractivity contribution < 1.29 is 19.8 Å². The summed E-state index contributed by atoms with van der Waals surface area (Å²) in [6.45, 7) is 2.24. The molecular formula is C31H34N6O4. The predicted molar refractivity (Wildman–Crippen MR) is 154 cm³/mol. The second-order valence-electron chi connectivity index (χ2n) is 11.5. The van der Waals surface area contributed by atoms with E-state index in [0.717, 1.165) is 35.2 Å². The molecule has 2 aliphatic rings. The van der Waals surface area contributed by atoms with Crippen molar-refractivity contribution in [1.82, 2.24) is 24.5 Å². The number of pyridine rings is 1. The van der Waals surface area contributed by atoms with Crippen molar-refractivity contribution in [3.05, 3.63) is 66.1 Å². The Hall–Kier alpha value is -4.15. The van der Waals surface area contributed by atoms with Gasteiger partial charge in [-0.2, -0.15) is 9.61 Å². The average molecular weight is 555 g/mol. The molecule has 10 nitrogen and oxygen atoms in total. The fourth-order valence-corrected chi connectivity index (χ4v) is 6.45. The van der Waals surface area contributed by atoms with E-state index in [9.17, 15) is 19.8 Å². The summed E-state index contributed by atoms with van der Waals surface area (Å²) in [5, 5.41) is 24.1. The molecule has 2 atom stereocenters. The highest BCUT2D eigenvalue weighted by Gasteiger charge is 2.49. The molecule has 1 aromatic carbocycles. The number of nitrogen functional groups attached to an aromatic ring is 1. The molecule has 2 saturated heterocycles. The summed E-state index contributed by atoms with van der Waals surface area (Å²) in [5.41, 5.74) is 10.4. The Balaban J connectivity index is 1.37.